The first-order valence-corrected chi connectivity index (χ1v) is 6.42. The number of allylic oxidation sites excluding steroid dienone is 1. The molecule has 1 rings (SSSR count). The van der Waals surface area contributed by atoms with Gasteiger partial charge in [-0.3, -0.25) is 0 Å². The van der Waals surface area contributed by atoms with Crippen molar-refractivity contribution in [3.05, 3.63) is 12.2 Å². The van der Waals surface area contributed by atoms with E-state index < -0.39 is 9.84 Å². The van der Waals surface area contributed by atoms with Gasteiger partial charge < -0.3 is 5.11 Å². The highest BCUT2D eigenvalue weighted by Crippen LogP contribution is 2.21. The summed E-state index contributed by atoms with van der Waals surface area (Å²) in [6, 6.07) is 0. The maximum absolute atomic E-state index is 11.2. The van der Waals surface area contributed by atoms with Crippen LogP contribution in [0.25, 0.3) is 0 Å². The fraction of sp³-hybridized carbons (Fsp3) is 0.778. The lowest BCUT2D eigenvalue weighted by atomic mass is 10.0. The molecule has 0 aliphatic carbocycles. The third-order valence-corrected chi connectivity index (χ3v) is 4.19. The van der Waals surface area contributed by atoms with Crippen molar-refractivity contribution in [3.63, 3.8) is 0 Å². The molecule has 13 heavy (non-hydrogen) atoms. The van der Waals surface area contributed by atoms with Gasteiger partial charge in [0, 0.05) is 0 Å². The molecule has 0 aromatic heterocycles. The molecule has 0 bridgehead atoms. The molecule has 1 unspecified atom stereocenters. The first-order valence-electron chi connectivity index (χ1n) is 4.60. The second-order valence-electron chi connectivity index (χ2n) is 3.51. The number of hydrogen-bond donors (Lipinski definition) is 1. The van der Waals surface area contributed by atoms with E-state index in [-0.39, 0.29) is 12.5 Å². The van der Waals surface area contributed by atoms with Crippen LogP contribution in [0.1, 0.15) is 19.3 Å². The zero-order chi connectivity index (χ0) is 9.73. The highest BCUT2D eigenvalue weighted by Gasteiger charge is 2.23. The predicted molar refractivity (Wildman–Crippen MR) is 52.2 cm³/mol. The standard InChI is InChI=1S/C9H16O3S/c10-6-2-1-4-9-5-3-7-13(11,12)8-9/h1-2,9-10H,3-8H2/b2-1-. The third-order valence-electron chi connectivity index (χ3n) is 2.30. The number of hydrogen-bond acceptors (Lipinski definition) is 3. The van der Waals surface area contributed by atoms with E-state index in [0.717, 1.165) is 19.3 Å². The van der Waals surface area contributed by atoms with Crippen LogP contribution in [0.15, 0.2) is 12.2 Å². The molecule has 0 radical (unpaired) electrons. The maximum atomic E-state index is 11.2. The van der Waals surface area contributed by atoms with Gasteiger partial charge in [0.15, 0.2) is 9.84 Å². The minimum atomic E-state index is -2.77. The molecule has 0 spiro atoms. The Morgan fingerprint density at radius 3 is 2.77 bits per heavy atom. The minimum absolute atomic E-state index is 0.0411. The summed E-state index contributed by atoms with van der Waals surface area (Å²) in [6.07, 6.45) is 6.10. The smallest absolute Gasteiger partial charge is 0.150 e. The molecule has 4 heteroatoms. The molecule has 1 heterocycles. The molecule has 1 aliphatic rings. The van der Waals surface area contributed by atoms with Gasteiger partial charge in [0.2, 0.25) is 0 Å². The Morgan fingerprint density at radius 1 is 1.38 bits per heavy atom. The van der Waals surface area contributed by atoms with Crippen LogP contribution < -0.4 is 0 Å². The molecule has 1 fully saturated rings. The Morgan fingerprint density at radius 2 is 2.15 bits per heavy atom. The molecule has 0 saturated carbocycles. The van der Waals surface area contributed by atoms with E-state index in [0.29, 0.717) is 11.5 Å². The summed E-state index contributed by atoms with van der Waals surface area (Å²) < 4.78 is 22.4. The monoisotopic (exact) mass is 204 g/mol. The summed E-state index contributed by atoms with van der Waals surface area (Å²) in [5.74, 6) is 0.942. The molecular weight excluding hydrogens is 188 g/mol. The van der Waals surface area contributed by atoms with E-state index >= 15 is 0 Å². The predicted octanol–water partition coefficient (Wildman–Crippen LogP) is 0.750. The molecule has 0 aromatic carbocycles. The Kier molecular flexibility index (Phi) is 3.93. The molecule has 1 saturated heterocycles. The zero-order valence-corrected chi connectivity index (χ0v) is 8.46. The van der Waals surface area contributed by atoms with Crippen LogP contribution in [0.4, 0.5) is 0 Å². The van der Waals surface area contributed by atoms with E-state index in [1.165, 1.54) is 0 Å². The second kappa shape index (κ2) is 4.77. The summed E-state index contributed by atoms with van der Waals surface area (Å²) >= 11 is 0. The summed E-state index contributed by atoms with van der Waals surface area (Å²) in [5.41, 5.74) is 0. The Labute approximate surface area is 79.4 Å². The molecular formula is C9H16O3S. The molecule has 1 aliphatic heterocycles. The van der Waals surface area contributed by atoms with Crippen LogP contribution in [0.5, 0.6) is 0 Å². The Bertz CT molecular complexity index is 267. The van der Waals surface area contributed by atoms with Crippen LogP contribution in [-0.2, 0) is 9.84 Å². The maximum Gasteiger partial charge on any atom is 0.150 e. The van der Waals surface area contributed by atoms with Gasteiger partial charge in [-0.15, -0.1) is 0 Å². The van der Waals surface area contributed by atoms with Crippen LogP contribution in [0, 0.1) is 5.92 Å². The van der Waals surface area contributed by atoms with Crippen LogP contribution >= 0.6 is 0 Å². The van der Waals surface area contributed by atoms with Crippen LogP contribution in [-0.4, -0.2) is 31.6 Å². The fourth-order valence-corrected chi connectivity index (χ4v) is 3.46. The molecule has 0 amide bonds. The van der Waals surface area contributed by atoms with Crippen molar-refractivity contribution in [1.29, 1.82) is 0 Å². The molecule has 76 valence electrons. The lowest BCUT2D eigenvalue weighted by Gasteiger charge is -2.20. The van der Waals surface area contributed by atoms with Crippen molar-refractivity contribution >= 4 is 9.84 Å². The van der Waals surface area contributed by atoms with Crippen molar-refractivity contribution in [2.24, 2.45) is 5.92 Å². The first-order chi connectivity index (χ1) is 6.14. The first kappa shape index (κ1) is 10.7. The average Bonchev–Trinajstić information content (AvgIpc) is 2.03. The summed E-state index contributed by atoms with van der Waals surface area (Å²) in [6.45, 7) is 0.0411. The van der Waals surface area contributed by atoms with E-state index in [1.54, 1.807) is 6.08 Å². The fourth-order valence-electron chi connectivity index (χ4n) is 1.67. The topological polar surface area (TPSA) is 54.4 Å². The van der Waals surface area contributed by atoms with E-state index in [2.05, 4.69) is 0 Å². The van der Waals surface area contributed by atoms with Gasteiger partial charge in [-0.1, -0.05) is 12.2 Å². The Balaban J connectivity index is 2.39. The van der Waals surface area contributed by atoms with Crippen LogP contribution in [0.3, 0.4) is 0 Å². The summed E-state index contributed by atoms with van der Waals surface area (Å²) in [5, 5.41) is 8.49. The zero-order valence-electron chi connectivity index (χ0n) is 7.65. The van der Waals surface area contributed by atoms with E-state index in [1.807, 2.05) is 6.08 Å². The highest BCUT2D eigenvalue weighted by atomic mass is 32.2. The van der Waals surface area contributed by atoms with Gasteiger partial charge in [-0.05, 0) is 25.2 Å². The normalized spacial score (nSPS) is 27.9. The second-order valence-corrected chi connectivity index (χ2v) is 5.74. The summed E-state index contributed by atoms with van der Waals surface area (Å²) in [4.78, 5) is 0. The quantitative estimate of drug-likeness (QED) is 0.690. The lowest BCUT2D eigenvalue weighted by Crippen LogP contribution is -2.24. The minimum Gasteiger partial charge on any atom is -0.392 e. The van der Waals surface area contributed by atoms with Crippen molar-refractivity contribution in [2.45, 2.75) is 19.3 Å². The largest absolute Gasteiger partial charge is 0.392 e. The van der Waals surface area contributed by atoms with Crippen molar-refractivity contribution < 1.29 is 13.5 Å². The number of rotatable bonds is 3. The number of aliphatic hydroxyl groups is 1. The lowest BCUT2D eigenvalue weighted by molar-refractivity contribution is 0.342. The highest BCUT2D eigenvalue weighted by molar-refractivity contribution is 7.91. The molecule has 1 N–H and O–H groups in total. The average molecular weight is 204 g/mol. The van der Waals surface area contributed by atoms with Crippen LogP contribution in [0.2, 0.25) is 0 Å². The van der Waals surface area contributed by atoms with E-state index in [9.17, 15) is 8.42 Å². The Hall–Kier alpha value is -0.350. The third kappa shape index (κ3) is 3.91. The van der Waals surface area contributed by atoms with Crippen molar-refractivity contribution in [3.8, 4) is 0 Å². The van der Waals surface area contributed by atoms with Gasteiger partial charge in [0.25, 0.3) is 0 Å². The number of sulfone groups is 1. The van der Waals surface area contributed by atoms with Crippen molar-refractivity contribution in [2.75, 3.05) is 18.1 Å². The molecule has 3 nitrogen and oxygen atoms in total. The SMILES string of the molecule is O=S1(=O)CCCC(C/C=C\CO)C1. The van der Waals surface area contributed by atoms with Gasteiger partial charge in [-0.2, -0.15) is 0 Å². The van der Waals surface area contributed by atoms with Crippen molar-refractivity contribution in [1.82, 2.24) is 0 Å². The van der Waals surface area contributed by atoms with E-state index in [4.69, 9.17) is 5.11 Å². The number of aliphatic hydroxyl groups excluding tert-OH is 1. The van der Waals surface area contributed by atoms with Gasteiger partial charge in [0.05, 0.1) is 18.1 Å². The van der Waals surface area contributed by atoms with Gasteiger partial charge in [0.1, 0.15) is 0 Å². The van der Waals surface area contributed by atoms with Gasteiger partial charge >= 0.3 is 0 Å². The summed E-state index contributed by atoms with van der Waals surface area (Å²) in [7, 11) is -2.77. The molecule has 1 atom stereocenters. The van der Waals surface area contributed by atoms with Gasteiger partial charge in [-0.25, -0.2) is 8.42 Å². The molecule has 0 aromatic rings.